The fraction of sp³-hybridized carbons (Fsp3) is 0.333. The summed E-state index contributed by atoms with van der Waals surface area (Å²) in [6.45, 7) is 1.12. The highest BCUT2D eigenvalue weighted by Gasteiger charge is 2.43. The molecule has 0 aliphatic carbocycles. The molecule has 4 rings (SSSR count). The number of carbonyl (C=O) groups is 2. The molecule has 2 amide bonds. The van der Waals surface area contributed by atoms with E-state index < -0.39 is 28.4 Å². The van der Waals surface area contributed by atoms with Crippen molar-refractivity contribution in [2.24, 2.45) is 0 Å². The Morgan fingerprint density at radius 3 is 2.33 bits per heavy atom. The number of halogens is 4. The summed E-state index contributed by atoms with van der Waals surface area (Å²) in [5.74, 6) is -0.732. The van der Waals surface area contributed by atoms with Gasteiger partial charge in [0.15, 0.2) is 0 Å². The Kier molecular flexibility index (Phi) is 6.02. The Bertz CT molecular complexity index is 1120. The molecule has 2 aromatic carbocycles. The van der Waals surface area contributed by atoms with Crippen molar-refractivity contribution >= 4 is 40.5 Å². The number of benzene rings is 2. The zero-order chi connectivity index (χ0) is 23.9. The van der Waals surface area contributed by atoms with Crippen LogP contribution in [0.4, 0.5) is 30.2 Å². The molecule has 33 heavy (non-hydrogen) atoms. The quantitative estimate of drug-likeness (QED) is 0.375. The van der Waals surface area contributed by atoms with Crippen molar-refractivity contribution < 1.29 is 27.7 Å². The van der Waals surface area contributed by atoms with E-state index in [2.05, 4.69) is 0 Å². The molecular weight excluding hydrogens is 465 g/mol. The minimum atomic E-state index is -4.69. The normalized spacial score (nSPS) is 19.9. The third kappa shape index (κ3) is 4.51. The summed E-state index contributed by atoms with van der Waals surface area (Å²) in [6, 6.07) is 8.19. The van der Waals surface area contributed by atoms with E-state index in [0.29, 0.717) is 29.9 Å². The molecule has 8 nitrogen and oxygen atoms in total. The summed E-state index contributed by atoms with van der Waals surface area (Å²) in [5, 5.41) is 11.8. The summed E-state index contributed by atoms with van der Waals surface area (Å²) in [4.78, 5) is 40.6. The van der Waals surface area contributed by atoms with E-state index in [1.165, 1.54) is 6.07 Å². The van der Waals surface area contributed by atoms with Crippen LogP contribution in [0.1, 0.15) is 12.0 Å². The Morgan fingerprint density at radius 2 is 1.73 bits per heavy atom. The predicted octanol–water partition coefficient (Wildman–Crippen LogP) is 3.72. The highest BCUT2D eigenvalue weighted by atomic mass is 35.5. The number of nitro groups is 1. The van der Waals surface area contributed by atoms with Crippen LogP contribution in [0.2, 0.25) is 5.02 Å². The molecule has 2 aliphatic rings. The van der Waals surface area contributed by atoms with Gasteiger partial charge >= 0.3 is 6.18 Å². The number of imide groups is 1. The Labute approximate surface area is 191 Å². The molecular formula is C21H18ClF3N4O4. The molecule has 1 atom stereocenters. The van der Waals surface area contributed by atoms with E-state index in [1.807, 2.05) is 4.90 Å². The second-order valence-electron chi connectivity index (χ2n) is 7.75. The van der Waals surface area contributed by atoms with Crippen molar-refractivity contribution in [2.45, 2.75) is 18.6 Å². The standard InChI is InChI=1S/C21H18ClF3N4O4/c22-14-2-1-3-15(11-14)28-19(30)12-18(20(28)31)27-8-6-26(7-9-27)16-5-4-13(21(23,24)25)10-17(16)29(32)33/h1-5,10-11,18H,6-9,12H2/t18-/m0/s1. The lowest BCUT2D eigenvalue weighted by atomic mass is 10.1. The van der Waals surface area contributed by atoms with E-state index in [0.717, 1.165) is 17.0 Å². The Morgan fingerprint density at radius 1 is 1.03 bits per heavy atom. The number of rotatable bonds is 4. The van der Waals surface area contributed by atoms with E-state index in [1.54, 1.807) is 23.1 Å². The van der Waals surface area contributed by atoms with Crippen LogP contribution in [0.15, 0.2) is 42.5 Å². The largest absolute Gasteiger partial charge is 0.416 e. The fourth-order valence-corrected chi connectivity index (χ4v) is 4.36. The Hall–Kier alpha value is -3.18. The van der Waals surface area contributed by atoms with E-state index in [9.17, 15) is 32.9 Å². The van der Waals surface area contributed by atoms with Gasteiger partial charge in [-0.15, -0.1) is 0 Å². The van der Waals surface area contributed by atoms with Crippen LogP contribution in [-0.2, 0) is 15.8 Å². The molecule has 2 saturated heterocycles. The number of carbonyl (C=O) groups excluding carboxylic acids is 2. The number of nitrogens with zero attached hydrogens (tertiary/aromatic N) is 4. The molecule has 0 unspecified atom stereocenters. The van der Waals surface area contributed by atoms with Gasteiger partial charge in [0.25, 0.3) is 11.6 Å². The number of piperazine rings is 1. The molecule has 2 aliphatic heterocycles. The molecule has 2 heterocycles. The van der Waals surface area contributed by atoms with Gasteiger partial charge in [-0.1, -0.05) is 17.7 Å². The first kappa shape index (κ1) is 23.0. The van der Waals surface area contributed by atoms with Crippen molar-refractivity contribution in [2.75, 3.05) is 36.0 Å². The molecule has 0 saturated carbocycles. The molecule has 174 valence electrons. The smallest absolute Gasteiger partial charge is 0.363 e. The number of amides is 2. The average Bonchev–Trinajstić information content (AvgIpc) is 3.06. The van der Waals surface area contributed by atoms with Crippen LogP contribution in [0, 0.1) is 10.1 Å². The first-order chi connectivity index (χ1) is 15.6. The minimum Gasteiger partial charge on any atom is -0.363 e. The molecule has 0 bridgehead atoms. The summed E-state index contributed by atoms with van der Waals surface area (Å²) in [7, 11) is 0. The monoisotopic (exact) mass is 482 g/mol. The topological polar surface area (TPSA) is 87.0 Å². The van der Waals surface area contributed by atoms with Crippen molar-refractivity contribution in [3.05, 3.63) is 63.2 Å². The van der Waals surface area contributed by atoms with Gasteiger partial charge in [0.1, 0.15) is 5.69 Å². The molecule has 0 N–H and O–H groups in total. The summed E-state index contributed by atoms with van der Waals surface area (Å²) in [6.07, 6.45) is -4.70. The van der Waals surface area contributed by atoms with Gasteiger partial charge in [0.05, 0.1) is 28.6 Å². The number of hydrogen-bond acceptors (Lipinski definition) is 6. The predicted molar refractivity (Wildman–Crippen MR) is 114 cm³/mol. The highest BCUT2D eigenvalue weighted by Crippen LogP contribution is 2.37. The average molecular weight is 483 g/mol. The van der Waals surface area contributed by atoms with Crippen LogP contribution in [0.25, 0.3) is 0 Å². The molecule has 0 spiro atoms. The second-order valence-corrected chi connectivity index (χ2v) is 8.18. The lowest BCUT2D eigenvalue weighted by Gasteiger charge is -2.37. The Balaban J connectivity index is 1.48. The third-order valence-electron chi connectivity index (χ3n) is 5.78. The third-order valence-corrected chi connectivity index (χ3v) is 6.02. The summed E-state index contributed by atoms with van der Waals surface area (Å²) >= 11 is 5.97. The lowest BCUT2D eigenvalue weighted by molar-refractivity contribution is -0.384. The number of nitro benzene ring substituents is 1. The van der Waals surface area contributed by atoms with E-state index in [-0.39, 0.29) is 37.0 Å². The van der Waals surface area contributed by atoms with Gasteiger partial charge in [-0.05, 0) is 30.3 Å². The fourth-order valence-electron chi connectivity index (χ4n) is 4.18. The van der Waals surface area contributed by atoms with Crippen LogP contribution in [-0.4, -0.2) is 53.9 Å². The SMILES string of the molecule is O=C1C[C@H](N2CCN(c3ccc(C(F)(F)F)cc3[N+](=O)[O-])CC2)C(=O)N1c1cccc(Cl)c1. The van der Waals surface area contributed by atoms with Crippen LogP contribution in [0.3, 0.4) is 0 Å². The van der Waals surface area contributed by atoms with Gasteiger partial charge < -0.3 is 4.90 Å². The first-order valence-corrected chi connectivity index (χ1v) is 10.4. The molecule has 0 aromatic heterocycles. The zero-order valence-electron chi connectivity index (χ0n) is 17.1. The van der Waals surface area contributed by atoms with Crippen molar-refractivity contribution in [3.63, 3.8) is 0 Å². The number of alkyl halides is 3. The van der Waals surface area contributed by atoms with Crippen LogP contribution in [0.5, 0.6) is 0 Å². The van der Waals surface area contributed by atoms with Crippen molar-refractivity contribution in [1.29, 1.82) is 0 Å². The minimum absolute atomic E-state index is 0.00816. The zero-order valence-corrected chi connectivity index (χ0v) is 17.8. The van der Waals surface area contributed by atoms with Crippen molar-refractivity contribution in [1.82, 2.24) is 4.90 Å². The van der Waals surface area contributed by atoms with Crippen molar-refractivity contribution in [3.8, 4) is 0 Å². The lowest BCUT2D eigenvalue weighted by Crippen LogP contribution is -2.52. The van der Waals surface area contributed by atoms with Gasteiger partial charge in [0, 0.05) is 37.3 Å². The second kappa shape index (κ2) is 8.64. The maximum atomic E-state index is 13.0. The van der Waals surface area contributed by atoms with Gasteiger partial charge in [-0.25, -0.2) is 4.90 Å². The first-order valence-electron chi connectivity index (χ1n) is 10.0. The van der Waals surface area contributed by atoms with Crippen LogP contribution < -0.4 is 9.80 Å². The summed E-state index contributed by atoms with van der Waals surface area (Å²) in [5.41, 5.74) is -1.24. The number of anilines is 2. The highest BCUT2D eigenvalue weighted by molar-refractivity contribution is 6.31. The molecule has 2 aromatic rings. The van der Waals surface area contributed by atoms with E-state index >= 15 is 0 Å². The van der Waals surface area contributed by atoms with Gasteiger partial charge in [-0.3, -0.25) is 24.6 Å². The molecule has 2 fully saturated rings. The van der Waals surface area contributed by atoms with Gasteiger partial charge in [-0.2, -0.15) is 13.2 Å². The van der Waals surface area contributed by atoms with Gasteiger partial charge in [0.2, 0.25) is 5.91 Å². The number of hydrogen-bond donors (Lipinski definition) is 0. The molecule has 0 radical (unpaired) electrons. The maximum absolute atomic E-state index is 13.0. The maximum Gasteiger partial charge on any atom is 0.416 e. The van der Waals surface area contributed by atoms with E-state index in [4.69, 9.17) is 11.6 Å². The van der Waals surface area contributed by atoms with Crippen LogP contribution >= 0.6 is 11.6 Å². The summed E-state index contributed by atoms with van der Waals surface area (Å²) < 4.78 is 38.9. The molecule has 12 heteroatoms.